The maximum absolute atomic E-state index is 14.4. The Morgan fingerprint density at radius 1 is 1.16 bits per heavy atom. The molecule has 0 unspecified atom stereocenters. The van der Waals surface area contributed by atoms with Crippen molar-refractivity contribution >= 4 is 11.7 Å². The standard InChI is InChI=1S/C21H17F3N6O2/c22-15-4-3-9-26-16(15)12-28-20(31)10-17-14(11-25)6-7-19(30(17)32)29-13-21(23,24)18-5-1-2-8-27-18/h1-9,32H,10,12-13H2,(H,28,31)/p+1. The van der Waals surface area contributed by atoms with Crippen LogP contribution in [-0.4, -0.2) is 27.6 Å². The van der Waals surface area contributed by atoms with Crippen molar-refractivity contribution in [2.45, 2.75) is 18.9 Å². The Morgan fingerprint density at radius 3 is 2.62 bits per heavy atom. The van der Waals surface area contributed by atoms with Gasteiger partial charge in [-0.15, -0.1) is 0 Å². The van der Waals surface area contributed by atoms with Crippen molar-refractivity contribution in [3.8, 4) is 6.07 Å². The third-order valence-electron chi connectivity index (χ3n) is 4.47. The molecular weight excluding hydrogens is 425 g/mol. The third-order valence-corrected chi connectivity index (χ3v) is 4.47. The van der Waals surface area contributed by atoms with E-state index in [1.54, 1.807) is 0 Å². The van der Waals surface area contributed by atoms with Gasteiger partial charge in [0.25, 0.3) is 0 Å². The Bertz CT molecular complexity index is 1150. The lowest BCUT2D eigenvalue weighted by Gasteiger charge is -2.14. The van der Waals surface area contributed by atoms with Crippen LogP contribution in [0, 0.1) is 17.1 Å². The van der Waals surface area contributed by atoms with Gasteiger partial charge in [0.2, 0.25) is 5.91 Å². The summed E-state index contributed by atoms with van der Waals surface area (Å²) < 4.78 is 42.8. The summed E-state index contributed by atoms with van der Waals surface area (Å²) in [6.45, 7) is -1.09. The number of aromatic nitrogens is 3. The molecule has 3 N–H and O–H groups in total. The highest BCUT2D eigenvalue weighted by atomic mass is 19.3. The van der Waals surface area contributed by atoms with Crippen LogP contribution in [0.3, 0.4) is 0 Å². The molecule has 164 valence electrons. The number of hydrogen-bond donors (Lipinski definition) is 3. The highest BCUT2D eigenvalue weighted by Crippen LogP contribution is 2.26. The summed E-state index contributed by atoms with van der Waals surface area (Å²) in [6, 6.07) is 11.1. The molecule has 0 fully saturated rings. The summed E-state index contributed by atoms with van der Waals surface area (Å²) in [6.07, 6.45) is 2.15. The zero-order valence-electron chi connectivity index (χ0n) is 16.6. The van der Waals surface area contributed by atoms with E-state index in [0.29, 0.717) is 4.73 Å². The number of alkyl halides is 2. The van der Waals surface area contributed by atoms with E-state index in [4.69, 9.17) is 0 Å². The van der Waals surface area contributed by atoms with Gasteiger partial charge in [-0.1, -0.05) is 6.07 Å². The third kappa shape index (κ3) is 5.28. The van der Waals surface area contributed by atoms with Gasteiger partial charge in [-0.05, 0) is 35.1 Å². The largest absolute Gasteiger partial charge is 0.350 e. The van der Waals surface area contributed by atoms with E-state index in [2.05, 4.69) is 20.6 Å². The van der Waals surface area contributed by atoms with Crippen molar-refractivity contribution in [2.75, 3.05) is 11.9 Å². The van der Waals surface area contributed by atoms with Gasteiger partial charge >= 0.3 is 11.7 Å². The van der Waals surface area contributed by atoms with Gasteiger partial charge in [-0.2, -0.15) is 14.0 Å². The average Bonchev–Trinajstić information content (AvgIpc) is 2.79. The molecular formula is C21H18F3N6O2+. The fraction of sp³-hybridized carbons (Fsp3) is 0.190. The highest BCUT2D eigenvalue weighted by Gasteiger charge is 2.36. The molecule has 0 aliphatic rings. The summed E-state index contributed by atoms with van der Waals surface area (Å²) in [5.41, 5.74) is -0.594. The number of pyridine rings is 3. The molecule has 0 aliphatic heterocycles. The number of carbonyl (C=O) groups excluding carboxylic acids is 1. The van der Waals surface area contributed by atoms with Crippen LogP contribution in [0.1, 0.15) is 22.6 Å². The quantitative estimate of drug-likeness (QED) is 0.363. The van der Waals surface area contributed by atoms with Crippen molar-refractivity contribution in [3.63, 3.8) is 0 Å². The fourth-order valence-electron chi connectivity index (χ4n) is 2.81. The molecule has 3 rings (SSSR count). The van der Waals surface area contributed by atoms with E-state index in [1.807, 2.05) is 6.07 Å². The van der Waals surface area contributed by atoms with Crippen molar-refractivity contribution < 1.29 is 27.9 Å². The van der Waals surface area contributed by atoms with Crippen molar-refractivity contribution in [1.82, 2.24) is 15.3 Å². The number of carbonyl (C=O) groups is 1. The normalized spacial score (nSPS) is 10.9. The number of anilines is 1. The Hall–Kier alpha value is -4.20. The first-order valence-corrected chi connectivity index (χ1v) is 9.38. The van der Waals surface area contributed by atoms with Crippen LogP contribution in [0.5, 0.6) is 0 Å². The van der Waals surface area contributed by atoms with Gasteiger partial charge < -0.3 is 10.5 Å². The number of hydrogen-bond acceptors (Lipinski definition) is 6. The van der Waals surface area contributed by atoms with E-state index in [0.717, 1.165) is 0 Å². The molecule has 32 heavy (non-hydrogen) atoms. The second kappa shape index (κ2) is 9.74. The Kier molecular flexibility index (Phi) is 6.84. The summed E-state index contributed by atoms with van der Waals surface area (Å²) >= 11 is 0. The zero-order valence-corrected chi connectivity index (χ0v) is 16.6. The minimum absolute atomic E-state index is 0.0189. The van der Waals surface area contributed by atoms with E-state index in [9.17, 15) is 28.4 Å². The Morgan fingerprint density at radius 2 is 1.94 bits per heavy atom. The predicted molar refractivity (Wildman–Crippen MR) is 105 cm³/mol. The molecule has 11 heteroatoms. The lowest BCUT2D eigenvalue weighted by Crippen LogP contribution is -2.43. The molecule has 0 spiro atoms. The van der Waals surface area contributed by atoms with Crippen molar-refractivity contribution in [3.05, 3.63) is 83.3 Å². The van der Waals surface area contributed by atoms with Crippen molar-refractivity contribution in [1.29, 1.82) is 5.26 Å². The van der Waals surface area contributed by atoms with Crippen LogP contribution in [0.2, 0.25) is 0 Å². The zero-order chi connectivity index (χ0) is 23.1. The second-order valence-electron chi connectivity index (χ2n) is 6.66. The highest BCUT2D eigenvalue weighted by molar-refractivity contribution is 5.78. The maximum Gasteiger partial charge on any atom is 0.325 e. The lowest BCUT2D eigenvalue weighted by molar-refractivity contribution is -0.898. The minimum Gasteiger partial charge on any atom is -0.350 e. The second-order valence-corrected chi connectivity index (χ2v) is 6.66. The molecule has 0 radical (unpaired) electrons. The number of amides is 1. The molecule has 0 aromatic carbocycles. The number of rotatable bonds is 8. The molecule has 1 amide bonds. The number of nitriles is 1. The average molecular weight is 443 g/mol. The van der Waals surface area contributed by atoms with Crippen molar-refractivity contribution in [2.24, 2.45) is 0 Å². The van der Waals surface area contributed by atoms with Gasteiger partial charge in [-0.25, -0.2) is 4.39 Å². The summed E-state index contributed by atoms with van der Waals surface area (Å²) in [4.78, 5) is 19.7. The number of halogens is 3. The molecule has 3 aromatic rings. The molecule has 3 aromatic heterocycles. The van der Waals surface area contributed by atoms with E-state index >= 15 is 0 Å². The molecule has 0 saturated heterocycles. The van der Waals surface area contributed by atoms with Gasteiger partial charge in [0.15, 0.2) is 12.2 Å². The van der Waals surface area contributed by atoms with Gasteiger partial charge in [0.05, 0.1) is 24.2 Å². The summed E-state index contributed by atoms with van der Waals surface area (Å²) in [7, 11) is 0. The van der Waals surface area contributed by atoms with E-state index in [1.165, 1.54) is 54.9 Å². The first kappa shape index (κ1) is 22.5. The molecule has 0 saturated carbocycles. The molecule has 0 atom stereocenters. The van der Waals surface area contributed by atoms with Crippen LogP contribution in [-0.2, 0) is 23.7 Å². The van der Waals surface area contributed by atoms with Gasteiger partial charge in [0, 0.05) is 18.5 Å². The molecule has 3 heterocycles. The minimum atomic E-state index is -3.34. The van der Waals surface area contributed by atoms with E-state index in [-0.39, 0.29) is 29.3 Å². The number of nitrogens with zero attached hydrogens (tertiary/aromatic N) is 4. The van der Waals surface area contributed by atoms with Crippen LogP contribution < -0.4 is 15.4 Å². The lowest BCUT2D eigenvalue weighted by atomic mass is 10.1. The predicted octanol–water partition coefficient (Wildman–Crippen LogP) is 2.07. The summed E-state index contributed by atoms with van der Waals surface area (Å²) in [5, 5.41) is 24.6. The Labute approximate surface area is 181 Å². The molecule has 8 nitrogen and oxygen atoms in total. The monoisotopic (exact) mass is 443 g/mol. The van der Waals surface area contributed by atoms with Crippen LogP contribution in [0.25, 0.3) is 0 Å². The van der Waals surface area contributed by atoms with E-state index < -0.39 is 36.3 Å². The topological polar surface area (TPSA) is 115 Å². The first-order valence-electron chi connectivity index (χ1n) is 9.38. The summed E-state index contributed by atoms with van der Waals surface area (Å²) in [5.74, 6) is -4.72. The van der Waals surface area contributed by atoms with Crippen LogP contribution >= 0.6 is 0 Å². The van der Waals surface area contributed by atoms with Gasteiger partial charge in [0.1, 0.15) is 17.6 Å². The molecule has 0 bridgehead atoms. The number of nitrogens with one attached hydrogen (secondary N) is 2. The fourth-order valence-corrected chi connectivity index (χ4v) is 2.81. The Balaban J connectivity index is 1.72. The maximum atomic E-state index is 14.4. The van der Waals surface area contributed by atoms with Crippen LogP contribution in [0.15, 0.2) is 54.9 Å². The molecule has 0 aliphatic carbocycles. The van der Waals surface area contributed by atoms with Gasteiger partial charge in [-0.3, -0.25) is 20.1 Å². The first-order chi connectivity index (χ1) is 15.3. The SMILES string of the molecule is N#Cc1ccc(NCC(F)(F)c2ccccn2)[n+](O)c1CC(=O)NCc1ncccc1F. The van der Waals surface area contributed by atoms with Crippen LogP contribution in [0.4, 0.5) is 19.0 Å². The smallest absolute Gasteiger partial charge is 0.325 e.